The van der Waals surface area contributed by atoms with E-state index in [2.05, 4.69) is 27.0 Å². The van der Waals surface area contributed by atoms with Gasteiger partial charge in [0, 0.05) is 18.7 Å². The van der Waals surface area contributed by atoms with Crippen molar-refractivity contribution in [3.63, 3.8) is 0 Å². The lowest BCUT2D eigenvalue weighted by molar-refractivity contribution is 0.459. The number of hydrogen-bond acceptors (Lipinski definition) is 4. The summed E-state index contributed by atoms with van der Waals surface area (Å²) < 4.78 is 5.99. The van der Waals surface area contributed by atoms with Crippen molar-refractivity contribution >= 4 is 18.0 Å². The fourth-order valence-electron chi connectivity index (χ4n) is 2.94. The predicted octanol–water partition coefficient (Wildman–Crippen LogP) is 3.74. The maximum Gasteiger partial charge on any atom is 0.231 e. The van der Waals surface area contributed by atoms with Crippen LogP contribution in [-0.4, -0.2) is 23.1 Å². The summed E-state index contributed by atoms with van der Waals surface area (Å²) in [5, 5.41) is 0. The van der Waals surface area contributed by atoms with E-state index in [0.29, 0.717) is 5.88 Å². The zero-order valence-electron chi connectivity index (χ0n) is 11.8. The summed E-state index contributed by atoms with van der Waals surface area (Å²) in [5.41, 5.74) is 2.05. The highest BCUT2D eigenvalue weighted by atomic mass is 16.5. The van der Waals surface area contributed by atoms with Gasteiger partial charge in [0.2, 0.25) is 5.88 Å². The van der Waals surface area contributed by atoms with E-state index in [1.165, 1.54) is 19.3 Å². The molecule has 0 bridgehead atoms. The monoisotopic (exact) mass is 279 g/mol. The minimum Gasteiger partial charge on any atom is -0.438 e. The molecule has 2 aliphatic heterocycles. The van der Waals surface area contributed by atoms with E-state index in [4.69, 9.17) is 4.74 Å². The molecular formula is C17H17N3O. The van der Waals surface area contributed by atoms with Gasteiger partial charge in [0.1, 0.15) is 17.9 Å². The number of hydrogen-bond donors (Lipinski definition) is 0. The Hall–Kier alpha value is -2.36. The molecule has 2 aromatic rings. The predicted molar refractivity (Wildman–Crippen MR) is 83.5 cm³/mol. The third kappa shape index (κ3) is 2.27. The van der Waals surface area contributed by atoms with E-state index in [9.17, 15) is 0 Å². The summed E-state index contributed by atoms with van der Waals surface area (Å²) >= 11 is 0. The lowest BCUT2D eigenvalue weighted by Gasteiger charge is -2.28. The van der Waals surface area contributed by atoms with Gasteiger partial charge in [-0.3, -0.25) is 0 Å². The van der Waals surface area contributed by atoms with Crippen molar-refractivity contribution in [2.75, 3.05) is 18.0 Å². The fraction of sp³-hybridized carbons (Fsp3) is 0.294. The number of nitrogens with zero attached hydrogens (tertiary/aromatic N) is 3. The highest BCUT2D eigenvalue weighted by molar-refractivity contribution is 5.81. The Kier molecular flexibility index (Phi) is 3.07. The van der Waals surface area contributed by atoms with E-state index in [1.54, 1.807) is 6.33 Å². The molecule has 0 spiro atoms. The number of ether oxygens (including phenoxy) is 1. The Morgan fingerprint density at radius 2 is 1.81 bits per heavy atom. The third-order valence-corrected chi connectivity index (χ3v) is 4.04. The third-order valence-electron chi connectivity index (χ3n) is 4.04. The Balaban J connectivity index is 1.78. The van der Waals surface area contributed by atoms with E-state index >= 15 is 0 Å². The lowest BCUT2D eigenvalue weighted by Crippen LogP contribution is -2.30. The van der Waals surface area contributed by atoms with Crippen LogP contribution in [0.4, 0.5) is 5.82 Å². The summed E-state index contributed by atoms with van der Waals surface area (Å²) in [5.74, 6) is 2.48. The molecule has 0 amide bonds. The van der Waals surface area contributed by atoms with E-state index in [0.717, 1.165) is 35.8 Å². The fourth-order valence-corrected chi connectivity index (χ4v) is 2.94. The van der Waals surface area contributed by atoms with Crippen LogP contribution in [0.1, 0.15) is 30.4 Å². The number of benzene rings is 1. The molecule has 1 aromatic carbocycles. The molecule has 4 heteroatoms. The van der Waals surface area contributed by atoms with E-state index in [-0.39, 0.29) is 0 Å². The van der Waals surface area contributed by atoms with Crippen molar-refractivity contribution in [2.24, 2.45) is 0 Å². The summed E-state index contributed by atoms with van der Waals surface area (Å²) in [6, 6.07) is 8.01. The Bertz CT molecular complexity index is 690. The summed E-state index contributed by atoms with van der Waals surface area (Å²) in [6.07, 6.45) is 9.52. The van der Waals surface area contributed by atoms with Crippen LogP contribution in [0, 0.1) is 0 Å². The first-order valence-electron chi connectivity index (χ1n) is 7.47. The van der Waals surface area contributed by atoms with Crippen molar-refractivity contribution in [1.82, 2.24) is 9.97 Å². The molecule has 1 fully saturated rings. The van der Waals surface area contributed by atoms with Gasteiger partial charge in [0.05, 0.1) is 5.56 Å². The van der Waals surface area contributed by atoms with Gasteiger partial charge >= 0.3 is 0 Å². The maximum atomic E-state index is 5.99. The van der Waals surface area contributed by atoms with Crippen molar-refractivity contribution in [3.05, 3.63) is 41.7 Å². The molecule has 0 unspecified atom stereocenters. The van der Waals surface area contributed by atoms with Crippen LogP contribution in [0.25, 0.3) is 12.2 Å². The van der Waals surface area contributed by atoms with Crippen LogP contribution >= 0.6 is 0 Å². The number of rotatable bonds is 1. The number of fused-ring (bicyclic) bond motifs is 2. The maximum absolute atomic E-state index is 5.99. The molecule has 4 rings (SSSR count). The zero-order chi connectivity index (χ0) is 14.1. The van der Waals surface area contributed by atoms with Crippen molar-refractivity contribution < 1.29 is 4.74 Å². The zero-order valence-corrected chi connectivity index (χ0v) is 11.8. The molecule has 0 saturated carbocycles. The number of anilines is 1. The van der Waals surface area contributed by atoms with Gasteiger partial charge < -0.3 is 9.64 Å². The van der Waals surface area contributed by atoms with Crippen molar-refractivity contribution in [1.29, 1.82) is 0 Å². The molecule has 1 aromatic heterocycles. The average Bonchev–Trinajstić information content (AvgIpc) is 2.74. The van der Waals surface area contributed by atoms with Gasteiger partial charge in [-0.25, -0.2) is 9.97 Å². The minimum absolute atomic E-state index is 0.645. The second kappa shape index (κ2) is 5.20. The van der Waals surface area contributed by atoms with Gasteiger partial charge in [-0.1, -0.05) is 24.3 Å². The van der Waals surface area contributed by atoms with Gasteiger partial charge in [-0.15, -0.1) is 0 Å². The van der Waals surface area contributed by atoms with Crippen LogP contribution in [-0.2, 0) is 0 Å². The Morgan fingerprint density at radius 3 is 2.71 bits per heavy atom. The first-order valence-corrected chi connectivity index (χ1v) is 7.47. The summed E-state index contributed by atoms with van der Waals surface area (Å²) in [7, 11) is 0. The van der Waals surface area contributed by atoms with Gasteiger partial charge in [-0.05, 0) is 31.4 Å². The van der Waals surface area contributed by atoms with Crippen LogP contribution < -0.4 is 9.64 Å². The minimum atomic E-state index is 0.645. The lowest BCUT2D eigenvalue weighted by atomic mass is 10.1. The molecule has 1 saturated heterocycles. The Morgan fingerprint density at radius 1 is 0.952 bits per heavy atom. The molecule has 0 aliphatic carbocycles. The number of piperidine rings is 1. The van der Waals surface area contributed by atoms with Gasteiger partial charge in [0.15, 0.2) is 0 Å². The quantitative estimate of drug-likeness (QED) is 0.680. The first kappa shape index (κ1) is 12.4. The topological polar surface area (TPSA) is 38.2 Å². The number of aromatic nitrogens is 2. The SMILES string of the molecule is C1=Cc2c(ncnc2N2CCCCC2)Oc2ccccc21. The van der Waals surface area contributed by atoms with Crippen LogP contribution in [0.15, 0.2) is 30.6 Å². The smallest absolute Gasteiger partial charge is 0.231 e. The number of para-hydroxylation sites is 1. The first-order chi connectivity index (χ1) is 10.4. The largest absolute Gasteiger partial charge is 0.438 e. The van der Waals surface area contributed by atoms with E-state index in [1.807, 2.05) is 24.3 Å². The molecule has 0 N–H and O–H groups in total. The van der Waals surface area contributed by atoms with Crippen molar-refractivity contribution in [2.45, 2.75) is 19.3 Å². The molecule has 3 heterocycles. The molecule has 0 radical (unpaired) electrons. The highest BCUT2D eigenvalue weighted by Crippen LogP contribution is 2.36. The second-order valence-electron chi connectivity index (χ2n) is 5.44. The molecule has 0 atom stereocenters. The average molecular weight is 279 g/mol. The molecular weight excluding hydrogens is 262 g/mol. The van der Waals surface area contributed by atoms with Crippen LogP contribution in [0.5, 0.6) is 11.6 Å². The molecule has 106 valence electrons. The summed E-state index contributed by atoms with van der Waals surface area (Å²) in [4.78, 5) is 11.2. The standard InChI is InChI=1S/C17H17N3O/c1-4-10-20(11-5-1)16-14-9-8-13-6-2-3-7-15(13)21-17(14)19-12-18-16/h2-3,6-9,12H,1,4-5,10-11H2. The highest BCUT2D eigenvalue weighted by Gasteiger charge is 2.20. The van der Waals surface area contributed by atoms with Crippen molar-refractivity contribution in [3.8, 4) is 11.6 Å². The second-order valence-corrected chi connectivity index (χ2v) is 5.44. The van der Waals surface area contributed by atoms with Crippen LogP contribution in [0.3, 0.4) is 0 Å². The normalized spacial score (nSPS) is 16.7. The Labute approximate surface area is 124 Å². The summed E-state index contributed by atoms with van der Waals surface area (Å²) in [6.45, 7) is 2.12. The molecule has 4 nitrogen and oxygen atoms in total. The molecule has 2 aliphatic rings. The van der Waals surface area contributed by atoms with Gasteiger partial charge in [0.25, 0.3) is 0 Å². The van der Waals surface area contributed by atoms with Crippen LogP contribution in [0.2, 0.25) is 0 Å². The van der Waals surface area contributed by atoms with E-state index < -0.39 is 0 Å². The molecule has 21 heavy (non-hydrogen) atoms. The van der Waals surface area contributed by atoms with Gasteiger partial charge in [-0.2, -0.15) is 0 Å².